The topological polar surface area (TPSA) is 80.4 Å². The number of primary amides is 1. The monoisotopic (exact) mass is 386 g/mol. The minimum atomic E-state index is -4.50. The smallest absolute Gasteiger partial charge is 0.365 e. The number of aromatic nitrogens is 1. The van der Waals surface area contributed by atoms with Crippen molar-refractivity contribution in [2.45, 2.75) is 19.3 Å². The number of rotatable bonds is 2. The number of hydrogen-bond donors (Lipinski definition) is 2. The summed E-state index contributed by atoms with van der Waals surface area (Å²) in [6.45, 7) is 0.759. The van der Waals surface area contributed by atoms with Crippen LogP contribution < -0.4 is 11.1 Å². The number of amides is 3. The molecule has 3 amide bonds. The maximum atomic E-state index is 12.8. The average molecular weight is 387 g/mol. The van der Waals surface area contributed by atoms with E-state index in [-0.39, 0.29) is 22.8 Å². The second-order valence-electron chi connectivity index (χ2n) is 5.79. The van der Waals surface area contributed by atoms with Gasteiger partial charge in [-0.15, -0.1) is 0 Å². The van der Waals surface area contributed by atoms with E-state index < -0.39 is 23.7 Å². The molecule has 1 aromatic heterocycles. The van der Waals surface area contributed by atoms with E-state index in [2.05, 4.69) is 5.32 Å². The summed E-state index contributed by atoms with van der Waals surface area (Å²) in [4.78, 5) is 25.3. The highest BCUT2D eigenvalue weighted by atomic mass is 35.5. The Labute approximate surface area is 151 Å². The lowest BCUT2D eigenvalue weighted by Crippen LogP contribution is -2.41. The first-order valence-electron chi connectivity index (χ1n) is 7.57. The number of carbonyl (C=O) groups excluding carboxylic acids is 2. The fourth-order valence-corrected chi connectivity index (χ4v) is 3.15. The number of nitrogens with zero attached hydrogens (tertiary/aromatic N) is 2. The molecule has 0 atom stereocenters. The number of benzene rings is 1. The molecule has 1 aromatic carbocycles. The van der Waals surface area contributed by atoms with Crippen LogP contribution in [0.3, 0.4) is 0 Å². The van der Waals surface area contributed by atoms with Crippen molar-refractivity contribution in [2.24, 2.45) is 5.73 Å². The highest BCUT2D eigenvalue weighted by Gasteiger charge is 2.31. The van der Waals surface area contributed by atoms with Crippen LogP contribution in [0.1, 0.15) is 21.6 Å². The maximum absolute atomic E-state index is 12.8. The Bertz CT molecular complexity index is 879. The van der Waals surface area contributed by atoms with Crippen molar-refractivity contribution in [3.8, 4) is 0 Å². The quantitative estimate of drug-likeness (QED) is 0.830. The molecule has 0 saturated heterocycles. The van der Waals surface area contributed by atoms with Crippen LogP contribution in [-0.4, -0.2) is 28.0 Å². The molecule has 6 nitrogen and oxygen atoms in total. The van der Waals surface area contributed by atoms with Gasteiger partial charge in [0.15, 0.2) is 0 Å². The van der Waals surface area contributed by atoms with E-state index in [0.717, 1.165) is 12.1 Å². The van der Waals surface area contributed by atoms with Gasteiger partial charge in [0.1, 0.15) is 0 Å². The third-order valence-electron chi connectivity index (χ3n) is 4.07. The van der Waals surface area contributed by atoms with E-state index in [1.807, 2.05) is 0 Å². The van der Waals surface area contributed by atoms with Gasteiger partial charge in [0.05, 0.1) is 28.4 Å². The zero-order chi connectivity index (χ0) is 19.1. The number of fused-ring (bicyclic) bond motifs is 1. The average Bonchev–Trinajstić information content (AvgIpc) is 2.89. The van der Waals surface area contributed by atoms with Gasteiger partial charge in [-0.3, -0.25) is 4.79 Å². The maximum Gasteiger partial charge on any atom is 0.416 e. The summed E-state index contributed by atoms with van der Waals surface area (Å²) in [6, 6.07) is 3.78. The number of nitrogens with two attached hydrogens (primary N) is 1. The molecule has 26 heavy (non-hydrogen) atoms. The first-order chi connectivity index (χ1) is 12.2. The van der Waals surface area contributed by atoms with Gasteiger partial charge in [-0.1, -0.05) is 17.7 Å². The number of urea groups is 1. The van der Waals surface area contributed by atoms with Crippen LogP contribution in [0, 0.1) is 0 Å². The third-order valence-corrected chi connectivity index (χ3v) is 4.36. The minimum Gasteiger partial charge on any atom is -0.365 e. The molecule has 10 heteroatoms. The standard InChI is InChI=1S/C16H14ClF3N4O2/c17-11-7-23-4-5-24(8-12(23)13(11)14(21)25)15(26)22-10-3-1-2-9(6-10)16(18,19)20/h1-3,6-7H,4-5,8H2,(H2,21,25)(H,22,26). The zero-order valence-corrected chi connectivity index (χ0v) is 14.1. The van der Waals surface area contributed by atoms with Crippen molar-refractivity contribution in [2.75, 3.05) is 11.9 Å². The highest BCUT2D eigenvalue weighted by molar-refractivity contribution is 6.34. The molecule has 0 unspecified atom stereocenters. The molecule has 0 fully saturated rings. The van der Waals surface area contributed by atoms with Gasteiger partial charge in [0.25, 0.3) is 5.91 Å². The summed E-state index contributed by atoms with van der Waals surface area (Å²) in [6.07, 6.45) is -2.93. The van der Waals surface area contributed by atoms with Crippen LogP contribution in [-0.2, 0) is 19.3 Å². The molecular formula is C16H14ClF3N4O2. The Hall–Kier alpha value is -2.68. The molecule has 0 aliphatic carbocycles. The summed E-state index contributed by atoms with van der Waals surface area (Å²) < 4.78 is 40.0. The molecule has 2 heterocycles. The molecule has 3 rings (SSSR count). The molecule has 1 aliphatic rings. The number of anilines is 1. The Morgan fingerprint density at radius 3 is 2.62 bits per heavy atom. The van der Waals surface area contributed by atoms with Crippen molar-refractivity contribution in [1.82, 2.24) is 9.47 Å². The molecule has 0 radical (unpaired) electrons. The summed E-state index contributed by atoms with van der Waals surface area (Å²) in [5.74, 6) is -0.705. The van der Waals surface area contributed by atoms with Gasteiger partial charge in [-0.2, -0.15) is 13.2 Å². The van der Waals surface area contributed by atoms with E-state index >= 15 is 0 Å². The molecule has 0 bridgehead atoms. The van der Waals surface area contributed by atoms with Crippen molar-refractivity contribution < 1.29 is 22.8 Å². The lowest BCUT2D eigenvalue weighted by atomic mass is 10.2. The number of nitrogens with one attached hydrogen (secondary N) is 1. The fourth-order valence-electron chi connectivity index (χ4n) is 2.83. The lowest BCUT2D eigenvalue weighted by Gasteiger charge is -2.29. The number of alkyl halides is 3. The van der Waals surface area contributed by atoms with Crippen molar-refractivity contribution in [1.29, 1.82) is 0 Å². The Kier molecular flexibility index (Phi) is 4.57. The molecule has 1 aliphatic heterocycles. The van der Waals surface area contributed by atoms with Crippen molar-refractivity contribution in [3.05, 3.63) is 52.3 Å². The highest BCUT2D eigenvalue weighted by Crippen LogP contribution is 2.31. The second-order valence-corrected chi connectivity index (χ2v) is 6.19. The first kappa shape index (κ1) is 18.1. The van der Waals surface area contributed by atoms with Crippen LogP contribution >= 0.6 is 11.6 Å². The van der Waals surface area contributed by atoms with Crippen LogP contribution in [0.5, 0.6) is 0 Å². The summed E-state index contributed by atoms with van der Waals surface area (Å²) in [5.41, 5.74) is 5.13. The van der Waals surface area contributed by atoms with Crippen molar-refractivity contribution in [3.63, 3.8) is 0 Å². The van der Waals surface area contributed by atoms with Gasteiger partial charge in [0.2, 0.25) is 0 Å². The van der Waals surface area contributed by atoms with Crippen LogP contribution in [0.25, 0.3) is 0 Å². The summed E-state index contributed by atoms with van der Waals surface area (Å²) in [5, 5.41) is 2.64. The van der Waals surface area contributed by atoms with Gasteiger partial charge < -0.3 is 20.5 Å². The van der Waals surface area contributed by atoms with E-state index in [0.29, 0.717) is 18.8 Å². The summed E-state index contributed by atoms with van der Waals surface area (Å²) >= 11 is 6.00. The van der Waals surface area contributed by atoms with Gasteiger partial charge in [-0.25, -0.2) is 4.79 Å². The second kappa shape index (κ2) is 6.56. The van der Waals surface area contributed by atoms with E-state index in [1.165, 1.54) is 17.0 Å². The molecule has 138 valence electrons. The van der Waals surface area contributed by atoms with E-state index in [9.17, 15) is 22.8 Å². The SMILES string of the molecule is NC(=O)c1c(Cl)cn2c1CN(C(=O)Nc1cccc(C(F)(F)F)c1)CC2. The van der Waals surface area contributed by atoms with Gasteiger partial charge >= 0.3 is 12.2 Å². The number of carbonyl (C=O) groups is 2. The number of halogens is 4. The Morgan fingerprint density at radius 2 is 1.96 bits per heavy atom. The van der Waals surface area contributed by atoms with Crippen LogP contribution in [0.15, 0.2) is 30.5 Å². The van der Waals surface area contributed by atoms with Crippen molar-refractivity contribution >= 4 is 29.2 Å². The van der Waals surface area contributed by atoms with Crippen LogP contribution in [0.4, 0.5) is 23.7 Å². The van der Waals surface area contributed by atoms with Gasteiger partial charge in [0, 0.05) is 25.0 Å². The van der Waals surface area contributed by atoms with E-state index in [1.54, 1.807) is 10.8 Å². The first-order valence-corrected chi connectivity index (χ1v) is 7.95. The molecule has 0 saturated carbocycles. The normalized spacial score (nSPS) is 14.1. The fraction of sp³-hybridized carbons (Fsp3) is 0.250. The molecule has 2 aromatic rings. The molecular weight excluding hydrogens is 373 g/mol. The Balaban J connectivity index is 1.77. The third kappa shape index (κ3) is 3.48. The van der Waals surface area contributed by atoms with Crippen LogP contribution in [0.2, 0.25) is 5.02 Å². The molecule has 3 N–H and O–H groups in total. The lowest BCUT2D eigenvalue weighted by molar-refractivity contribution is -0.137. The predicted octanol–water partition coefficient (Wildman–Crippen LogP) is 3.31. The number of hydrogen-bond acceptors (Lipinski definition) is 2. The Morgan fingerprint density at radius 1 is 1.23 bits per heavy atom. The van der Waals surface area contributed by atoms with Gasteiger partial charge in [-0.05, 0) is 18.2 Å². The predicted molar refractivity (Wildman–Crippen MR) is 88.8 cm³/mol. The minimum absolute atomic E-state index is 0.0268. The zero-order valence-electron chi connectivity index (χ0n) is 13.3. The largest absolute Gasteiger partial charge is 0.416 e. The van der Waals surface area contributed by atoms with E-state index in [4.69, 9.17) is 17.3 Å². The summed E-state index contributed by atoms with van der Waals surface area (Å²) in [7, 11) is 0. The molecule has 0 spiro atoms.